The van der Waals surface area contributed by atoms with Gasteiger partial charge in [-0.1, -0.05) is 126 Å². The number of hydrogen-bond donors (Lipinski definition) is 1. The molecule has 0 aliphatic carbocycles. The SMILES string of the molecule is CC[Si](CC)(CC)O[C@H]([C@H](O)CC(=O)C[C@@H](OC)[C@H](OCOC)C(=O)N1C(=O)OC[C@@H]1Cc1ccccc1)[C@@H](OCc1ccccc1)C(C)(C)COCOCc1ccccc1. The van der Waals surface area contributed by atoms with Gasteiger partial charge in [0.15, 0.2) is 14.4 Å². The fourth-order valence-corrected chi connectivity index (χ4v) is 10.5. The molecule has 1 aliphatic heterocycles. The third-order valence-corrected chi connectivity index (χ3v) is 16.1. The molecule has 1 saturated heterocycles. The molecule has 1 fully saturated rings. The van der Waals surface area contributed by atoms with Crippen molar-refractivity contribution < 1.29 is 57.1 Å². The Morgan fingerprint density at radius 3 is 1.93 bits per heavy atom. The van der Waals surface area contributed by atoms with Crippen molar-refractivity contribution >= 4 is 26.1 Å². The largest absolute Gasteiger partial charge is 0.447 e. The predicted molar refractivity (Wildman–Crippen MR) is 233 cm³/mol. The molecule has 1 heterocycles. The Morgan fingerprint density at radius 1 is 0.803 bits per heavy atom. The highest BCUT2D eigenvalue weighted by atomic mass is 28.4. The van der Waals surface area contributed by atoms with Gasteiger partial charge in [-0.25, -0.2) is 9.69 Å². The number of ketones is 1. The van der Waals surface area contributed by atoms with Crippen LogP contribution in [-0.2, 0) is 66.8 Å². The normalized spacial score (nSPS) is 17.1. The summed E-state index contributed by atoms with van der Waals surface area (Å²) in [5.41, 5.74) is 2.14. The van der Waals surface area contributed by atoms with Crippen molar-refractivity contribution in [3.63, 3.8) is 0 Å². The third-order valence-electron chi connectivity index (χ3n) is 11.4. The Labute approximate surface area is 363 Å². The molecule has 1 N–H and O–H groups in total. The van der Waals surface area contributed by atoms with Crippen LogP contribution < -0.4 is 0 Å². The fourth-order valence-electron chi connectivity index (χ4n) is 7.69. The Hall–Kier alpha value is -3.83. The average molecular weight is 866 g/mol. The van der Waals surface area contributed by atoms with E-state index in [1.807, 2.05) is 105 Å². The molecule has 0 bridgehead atoms. The van der Waals surface area contributed by atoms with E-state index in [4.69, 9.17) is 37.6 Å². The standard InChI is InChI=1S/C47H67NO12Si/c1-8-61(9-2,10-3)60-42(44(57-30-37-24-18-13-19-25-37)47(4,5)32-56-34-55-29-36-22-16-12-17-23-36)40(50)27-39(49)28-41(54-7)43(59-33-53-6)45(51)48-38(31-58-46(48)52)26-35-20-14-11-15-21-35/h11-25,38,40-44,50H,8-10,26-34H2,1-7H3/t38-,40+,41+,42+,43-,44+/m0/s1. The number of amides is 2. The number of imide groups is 1. The molecular formula is C47H67NO12Si. The number of aliphatic hydroxyl groups excluding tert-OH is 1. The molecule has 336 valence electrons. The molecule has 6 atom stereocenters. The summed E-state index contributed by atoms with van der Waals surface area (Å²) in [5, 5.41) is 12.3. The number of benzene rings is 3. The number of nitrogens with zero attached hydrogens (tertiary/aromatic N) is 1. The Morgan fingerprint density at radius 2 is 1.38 bits per heavy atom. The lowest BCUT2D eigenvalue weighted by atomic mass is 9.81. The molecule has 4 rings (SSSR count). The van der Waals surface area contributed by atoms with E-state index in [1.165, 1.54) is 14.2 Å². The first-order valence-electron chi connectivity index (χ1n) is 21.3. The zero-order chi connectivity index (χ0) is 44.3. The summed E-state index contributed by atoms with van der Waals surface area (Å²) in [6.45, 7) is 10.9. The number of rotatable bonds is 29. The number of aliphatic hydroxyl groups is 1. The van der Waals surface area contributed by atoms with Crippen LogP contribution in [0, 0.1) is 5.41 Å². The first kappa shape index (κ1) is 49.8. The Kier molecular flexibility index (Phi) is 20.7. The number of Topliss-reactive ketones (excluding diaryl/α,β-unsaturated/α-hetero) is 1. The highest BCUT2D eigenvalue weighted by Gasteiger charge is 2.47. The molecule has 61 heavy (non-hydrogen) atoms. The van der Waals surface area contributed by atoms with Gasteiger partial charge < -0.3 is 42.7 Å². The van der Waals surface area contributed by atoms with Gasteiger partial charge >= 0.3 is 6.09 Å². The maximum absolute atomic E-state index is 14.2. The fraction of sp³-hybridized carbons (Fsp3) is 0.553. The van der Waals surface area contributed by atoms with Crippen LogP contribution in [0.4, 0.5) is 4.79 Å². The molecule has 0 radical (unpaired) electrons. The minimum absolute atomic E-state index is 0.00825. The van der Waals surface area contributed by atoms with Crippen molar-refractivity contribution in [2.24, 2.45) is 5.41 Å². The first-order valence-corrected chi connectivity index (χ1v) is 23.8. The van der Waals surface area contributed by atoms with Gasteiger partial charge in [0.25, 0.3) is 5.91 Å². The molecule has 1 aliphatic rings. The lowest BCUT2D eigenvalue weighted by Gasteiger charge is -2.44. The minimum Gasteiger partial charge on any atom is -0.447 e. The molecule has 13 nitrogen and oxygen atoms in total. The van der Waals surface area contributed by atoms with E-state index >= 15 is 0 Å². The summed E-state index contributed by atoms with van der Waals surface area (Å²) in [6.07, 6.45) is -6.58. The quantitative estimate of drug-likeness (QED) is 0.0419. The lowest BCUT2D eigenvalue weighted by molar-refractivity contribution is -0.169. The molecule has 14 heteroatoms. The third kappa shape index (κ3) is 14.9. The number of carbonyl (C=O) groups is 3. The molecule has 2 amide bonds. The Balaban J connectivity index is 1.57. The van der Waals surface area contributed by atoms with Crippen LogP contribution in [0.5, 0.6) is 0 Å². The number of ether oxygens (including phenoxy) is 7. The molecule has 0 spiro atoms. The average Bonchev–Trinajstić information content (AvgIpc) is 3.64. The molecule has 0 aromatic heterocycles. The van der Waals surface area contributed by atoms with E-state index in [1.54, 1.807) is 0 Å². The van der Waals surface area contributed by atoms with Crippen molar-refractivity contribution in [3.05, 3.63) is 108 Å². The van der Waals surface area contributed by atoms with E-state index in [0.717, 1.165) is 39.7 Å². The number of hydrogen-bond acceptors (Lipinski definition) is 12. The molecule has 0 saturated carbocycles. The highest BCUT2D eigenvalue weighted by Crippen LogP contribution is 2.35. The van der Waals surface area contributed by atoms with Crippen LogP contribution in [-0.4, -0.2) is 114 Å². The van der Waals surface area contributed by atoms with E-state index in [-0.39, 0.29) is 46.2 Å². The van der Waals surface area contributed by atoms with Gasteiger partial charge in [-0.3, -0.25) is 9.59 Å². The highest BCUT2D eigenvalue weighted by molar-refractivity contribution is 6.73. The van der Waals surface area contributed by atoms with Crippen LogP contribution in [0.15, 0.2) is 91.0 Å². The topological polar surface area (TPSA) is 149 Å². The smallest absolute Gasteiger partial charge is 0.417 e. The van der Waals surface area contributed by atoms with Gasteiger partial charge in [-0.05, 0) is 41.2 Å². The van der Waals surface area contributed by atoms with Crippen molar-refractivity contribution in [3.8, 4) is 0 Å². The molecule has 0 unspecified atom stereocenters. The second-order valence-electron chi connectivity index (χ2n) is 16.2. The van der Waals surface area contributed by atoms with Crippen molar-refractivity contribution in [1.82, 2.24) is 4.90 Å². The number of methoxy groups -OCH3 is 2. The van der Waals surface area contributed by atoms with Gasteiger partial charge in [-0.2, -0.15) is 0 Å². The first-order chi connectivity index (χ1) is 29.4. The molecular weight excluding hydrogens is 799 g/mol. The molecule has 3 aromatic rings. The summed E-state index contributed by atoms with van der Waals surface area (Å²) < 4.78 is 47.9. The van der Waals surface area contributed by atoms with Gasteiger partial charge in [-0.15, -0.1) is 0 Å². The zero-order valence-electron chi connectivity index (χ0n) is 37.0. The van der Waals surface area contributed by atoms with Gasteiger partial charge in [0, 0.05) is 32.5 Å². The summed E-state index contributed by atoms with van der Waals surface area (Å²) >= 11 is 0. The van der Waals surface area contributed by atoms with Crippen LogP contribution in [0.25, 0.3) is 0 Å². The van der Waals surface area contributed by atoms with Crippen molar-refractivity contribution in [2.75, 3.05) is 41.0 Å². The molecule has 3 aromatic carbocycles. The Bertz CT molecular complexity index is 1720. The monoisotopic (exact) mass is 865 g/mol. The maximum atomic E-state index is 14.2. The second kappa shape index (κ2) is 25.3. The summed E-state index contributed by atoms with van der Waals surface area (Å²) in [7, 11) is 0.330. The zero-order valence-corrected chi connectivity index (χ0v) is 38.0. The lowest BCUT2D eigenvalue weighted by Crippen LogP contribution is -2.56. The van der Waals surface area contributed by atoms with Gasteiger partial charge in [0.05, 0.1) is 50.3 Å². The maximum Gasteiger partial charge on any atom is 0.417 e. The second-order valence-corrected chi connectivity index (χ2v) is 21.0. The predicted octanol–water partition coefficient (Wildman–Crippen LogP) is 7.48. The minimum atomic E-state index is -2.44. The summed E-state index contributed by atoms with van der Waals surface area (Å²) in [5.74, 6) is -1.12. The van der Waals surface area contributed by atoms with Gasteiger partial charge in [0.2, 0.25) is 0 Å². The van der Waals surface area contributed by atoms with Crippen LogP contribution >= 0.6 is 0 Å². The summed E-state index contributed by atoms with van der Waals surface area (Å²) in [6, 6.07) is 30.8. The van der Waals surface area contributed by atoms with E-state index in [9.17, 15) is 19.5 Å². The summed E-state index contributed by atoms with van der Waals surface area (Å²) in [4.78, 5) is 42.3. The van der Waals surface area contributed by atoms with Crippen LogP contribution in [0.1, 0.15) is 64.2 Å². The van der Waals surface area contributed by atoms with E-state index in [2.05, 4.69) is 20.8 Å². The van der Waals surface area contributed by atoms with E-state index < -0.39 is 68.1 Å². The van der Waals surface area contributed by atoms with Crippen molar-refractivity contribution in [2.45, 2.75) is 122 Å². The van der Waals surface area contributed by atoms with E-state index in [0.29, 0.717) is 13.0 Å². The van der Waals surface area contributed by atoms with Crippen molar-refractivity contribution in [1.29, 1.82) is 0 Å². The number of cyclic esters (lactones) is 1. The van der Waals surface area contributed by atoms with Crippen LogP contribution in [0.3, 0.4) is 0 Å². The van der Waals surface area contributed by atoms with Crippen LogP contribution in [0.2, 0.25) is 18.1 Å². The van der Waals surface area contributed by atoms with Gasteiger partial charge in [0.1, 0.15) is 26.0 Å². The number of carbonyl (C=O) groups excluding carboxylic acids is 3.